The van der Waals surface area contributed by atoms with Crippen LogP contribution in [0, 0.1) is 11.8 Å². The maximum Gasteiger partial charge on any atom is 0.241 e. The summed E-state index contributed by atoms with van der Waals surface area (Å²) in [4.78, 5) is 17.1. The Hall–Kier alpha value is -1.94. The van der Waals surface area contributed by atoms with Crippen molar-refractivity contribution < 1.29 is 4.79 Å². The van der Waals surface area contributed by atoms with E-state index in [2.05, 4.69) is 15.6 Å². The average Bonchev–Trinajstić information content (AvgIpc) is 3.12. The summed E-state index contributed by atoms with van der Waals surface area (Å²) in [5.41, 5.74) is 1.81. The normalized spacial score (nSPS) is 25.0. The highest BCUT2D eigenvalue weighted by atomic mass is 16.2. The first-order valence-corrected chi connectivity index (χ1v) is 9.20. The lowest BCUT2D eigenvalue weighted by atomic mass is 9.76. The zero-order chi connectivity index (χ0) is 16.4. The second-order valence-electron chi connectivity index (χ2n) is 7.18. The van der Waals surface area contributed by atoms with Crippen LogP contribution in [0.3, 0.4) is 0 Å². The van der Waals surface area contributed by atoms with Crippen molar-refractivity contribution in [1.82, 2.24) is 10.3 Å². The smallest absolute Gasteiger partial charge is 0.241 e. The van der Waals surface area contributed by atoms with Crippen molar-refractivity contribution in [2.45, 2.75) is 44.6 Å². The molecule has 24 heavy (non-hydrogen) atoms. The molecule has 1 aliphatic heterocycles. The van der Waals surface area contributed by atoms with E-state index in [0.29, 0.717) is 11.8 Å². The number of benzene rings is 1. The lowest BCUT2D eigenvalue weighted by Gasteiger charge is -2.30. The molecule has 2 N–H and O–H groups in total. The first kappa shape index (κ1) is 15.6. The highest BCUT2D eigenvalue weighted by Gasteiger charge is 2.38. The van der Waals surface area contributed by atoms with Crippen LogP contribution in [-0.4, -0.2) is 23.5 Å². The molecule has 1 amide bonds. The minimum atomic E-state index is -0.0438. The van der Waals surface area contributed by atoms with E-state index in [-0.39, 0.29) is 11.9 Å². The zero-order valence-electron chi connectivity index (χ0n) is 14.0. The summed E-state index contributed by atoms with van der Waals surface area (Å²) in [5.74, 6) is 1.32. The van der Waals surface area contributed by atoms with E-state index in [1.54, 1.807) is 6.20 Å². The standard InChI is InChI=1S/C20H25N3O/c24-20(19-17(10-12-22-19)14-5-2-1-3-6-14)23-16-8-9-18-15(13-16)7-4-11-21-18/h4,7-9,11,13-14,17,19,22H,1-3,5-6,10,12H2,(H,23,24)/t17-,19+/m1/s1. The van der Waals surface area contributed by atoms with Gasteiger partial charge in [-0.1, -0.05) is 38.2 Å². The molecule has 0 bridgehead atoms. The van der Waals surface area contributed by atoms with Gasteiger partial charge in [-0.25, -0.2) is 0 Å². The van der Waals surface area contributed by atoms with E-state index in [1.807, 2.05) is 30.3 Å². The van der Waals surface area contributed by atoms with Crippen molar-refractivity contribution in [3.05, 3.63) is 36.5 Å². The molecule has 0 spiro atoms. The molecule has 2 fully saturated rings. The fourth-order valence-electron chi connectivity index (χ4n) is 4.45. The van der Waals surface area contributed by atoms with E-state index in [4.69, 9.17) is 0 Å². The van der Waals surface area contributed by atoms with Crippen molar-refractivity contribution >= 4 is 22.5 Å². The molecule has 2 atom stereocenters. The molecular weight excluding hydrogens is 298 g/mol. The van der Waals surface area contributed by atoms with Crippen LogP contribution < -0.4 is 10.6 Å². The molecule has 1 aromatic heterocycles. The van der Waals surface area contributed by atoms with Crippen LogP contribution >= 0.6 is 0 Å². The number of hydrogen-bond acceptors (Lipinski definition) is 3. The summed E-state index contributed by atoms with van der Waals surface area (Å²) >= 11 is 0. The van der Waals surface area contributed by atoms with Crippen LogP contribution in [0.15, 0.2) is 36.5 Å². The number of nitrogens with one attached hydrogen (secondary N) is 2. The predicted molar refractivity (Wildman–Crippen MR) is 96.8 cm³/mol. The number of carbonyl (C=O) groups is 1. The maximum atomic E-state index is 12.8. The number of rotatable bonds is 3. The monoisotopic (exact) mass is 323 g/mol. The highest BCUT2D eigenvalue weighted by molar-refractivity contribution is 5.97. The van der Waals surface area contributed by atoms with Crippen LogP contribution in [0.2, 0.25) is 0 Å². The van der Waals surface area contributed by atoms with E-state index in [0.717, 1.165) is 29.6 Å². The number of hydrogen-bond donors (Lipinski definition) is 2. The molecule has 2 aliphatic rings. The van der Waals surface area contributed by atoms with E-state index in [9.17, 15) is 4.79 Å². The lowest BCUT2D eigenvalue weighted by Crippen LogP contribution is -2.42. The number of pyridine rings is 1. The van der Waals surface area contributed by atoms with Gasteiger partial charge in [0.15, 0.2) is 0 Å². The number of aromatic nitrogens is 1. The molecule has 1 saturated carbocycles. The van der Waals surface area contributed by atoms with Crippen LogP contribution in [0.4, 0.5) is 5.69 Å². The number of fused-ring (bicyclic) bond motifs is 1. The van der Waals surface area contributed by atoms with Gasteiger partial charge in [0.2, 0.25) is 5.91 Å². The Morgan fingerprint density at radius 1 is 1.12 bits per heavy atom. The third-order valence-electron chi connectivity index (χ3n) is 5.68. The molecule has 1 aromatic carbocycles. The molecule has 2 heterocycles. The van der Waals surface area contributed by atoms with Gasteiger partial charge in [-0.15, -0.1) is 0 Å². The van der Waals surface area contributed by atoms with Gasteiger partial charge in [-0.2, -0.15) is 0 Å². The minimum Gasteiger partial charge on any atom is -0.325 e. The fourth-order valence-corrected chi connectivity index (χ4v) is 4.45. The molecule has 4 nitrogen and oxygen atoms in total. The summed E-state index contributed by atoms with van der Waals surface area (Å²) in [6.45, 7) is 0.959. The van der Waals surface area contributed by atoms with Crippen molar-refractivity contribution in [2.75, 3.05) is 11.9 Å². The second kappa shape index (κ2) is 6.89. The third-order valence-corrected chi connectivity index (χ3v) is 5.68. The molecule has 4 rings (SSSR count). The van der Waals surface area contributed by atoms with Gasteiger partial charge in [0.05, 0.1) is 11.6 Å². The van der Waals surface area contributed by atoms with Gasteiger partial charge in [0, 0.05) is 17.3 Å². The summed E-state index contributed by atoms with van der Waals surface area (Å²) in [7, 11) is 0. The number of amides is 1. The minimum absolute atomic E-state index is 0.0438. The first-order valence-electron chi connectivity index (χ1n) is 9.20. The quantitative estimate of drug-likeness (QED) is 0.905. The highest BCUT2D eigenvalue weighted by Crippen LogP contribution is 2.36. The largest absolute Gasteiger partial charge is 0.325 e. The summed E-state index contributed by atoms with van der Waals surface area (Å²) < 4.78 is 0. The molecule has 1 aliphatic carbocycles. The molecule has 0 radical (unpaired) electrons. The van der Waals surface area contributed by atoms with Gasteiger partial charge < -0.3 is 10.6 Å². The Morgan fingerprint density at radius 2 is 2.00 bits per heavy atom. The Morgan fingerprint density at radius 3 is 2.88 bits per heavy atom. The molecular formula is C20H25N3O. The first-order chi connectivity index (χ1) is 11.8. The number of nitrogens with zero attached hydrogens (tertiary/aromatic N) is 1. The molecule has 126 valence electrons. The van der Waals surface area contributed by atoms with E-state index < -0.39 is 0 Å². The second-order valence-corrected chi connectivity index (χ2v) is 7.18. The van der Waals surface area contributed by atoms with Crippen LogP contribution in [0.25, 0.3) is 10.9 Å². The van der Waals surface area contributed by atoms with Gasteiger partial charge >= 0.3 is 0 Å². The fraction of sp³-hybridized carbons (Fsp3) is 0.500. The molecule has 0 unspecified atom stereocenters. The lowest BCUT2D eigenvalue weighted by molar-refractivity contribution is -0.119. The third kappa shape index (κ3) is 3.16. The average molecular weight is 323 g/mol. The van der Waals surface area contributed by atoms with Gasteiger partial charge in [0.1, 0.15) is 0 Å². The Kier molecular flexibility index (Phi) is 4.48. The molecule has 1 saturated heterocycles. The summed E-state index contributed by atoms with van der Waals surface area (Å²) in [5, 5.41) is 7.61. The molecule has 4 heteroatoms. The van der Waals surface area contributed by atoms with Crippen molar-refractivity contribution in [1.29, 1.82) is 0 Å². The van der Waals surface area contributed by atoms with Gasteiger partial charge in [-0.3, -0.25) is 9.78 Å². The number of carbonyl (C=O) groups excluding carboxylic acids is 1. The SMILES string of the molecule is O=C(Nc1ccc2ncccc2c1)[C@H]1NCC[C@@H]1C1CCCCC1. The van der Waals surface area contributed by atoms with E-state index >= 15 is 0 Å². The van der Waals surface area contributed by atoms with Crippen LogP contribution in [-0.2, 0) is 4.79 Å². The Labute approximate surface area is 143 Å². The number of anilines is 1. The predicted octanol–water partition coefficient (Wildman–Crippen LogP) is 3.73. The van der Waals surface area contributed by atoms with Crippen LogP contribution in [0.5, 0.6) is 0 Å². The molecule has 2 aromatic rings. The van der Waals surface area contributed by atoms with Crippen LogP contribution in [0.1, 0.15) is 38.5 Å². The summed E-state index contributed by atoms with van der Waals surface area (Å²) in [6, 6.07) is 9.81. The van der Waals surface area contributed by atoms with Gasteiger partial charge in [0.25, 0.3) is 0 Å². The maximum absolute atomic E-state index is 12.8. The topological polar surface area (TPSA) is 54.0 Å². The van der Waals surface area contributed by atoms with Crippen molar-refractivity contribution in [3.63, 3.8) is 0 Å². The Bertz CT molecular complexity index is 724. The Balaban J connectivity index is 1.47. The van der Waals surface area contributed by atoms with Gasteiger partial charge in [-0.05, 0) is 49.1 Å². The van der Waals surface area contributed by atoms with Crippen molar-refractivity contribution in [3.8, 4) is 0 Å². The van der Waals surface area contributed by atoms with Crippen molar-refractivity contribution in [2.24, 2.45) is 11.8 Å². The summed E-state index contributed by atoms with van der Waals surface area (Å²) in [6.07, 6.45) is 9.51. The zero-order valence-corrected chi connectivity index (χ0v) is 14.0. The van der Waals surface area contributed by atoms with E-state index in [1.165, 1.54) is 32.1 Å².